The molecule has 11 heteroatoms. The number of carbonyl (C=O) groups excluding carboxylic acids is 3. The summed E-state index contributed by atoms with van der Waals surface area (Å²) in [6, 6.07) is 13.0. The average molecular weight is 495 g/mol. The maximum Gasteiger partial charge on any atom is 0.248 e. The van der Waals surface area contributed by atoms with Gasteiger partial charge in [0.05, 0.1) is 29.4 Å². The van der Waals surface area contributed by atoms with Crippen molar-refractivity contribution in [3.05, 3.63) is 59.7 Å². The molecule has 3 amide bonds. The quantitative estimate of drug-likeness (QED) is 0.554. The van der Waals surface area contributed by atoms with Crippen LogP contribution in [0.2, 0.25) is 0 Å². The van der Waals surface area contributed by atoms with Gasteiger partial charge >= 0.3 is 0 Å². The van der Waals surface area contributed by atoms with Gasteiger partial charge in [0.1, 0.15) is 12.1 Å². The molecule has 4 rings (SSSR count). The van der Waals surface area contributed by atoms with E-state index in [9.17, 15) is 23.1 Å². The second-order valence-corrected chi connectivity index (χ2v) is 9.26. The third kappa shape index (κ3) is 5.50. The highest BCUT2D eigenvalue weighted by Gasteiger charge is 2.36. The largest absolute Gasteiger partial charge is 0.755 e. The van der Waals surface area contributed by atoms with Crippen molar-refractivity contribution < 1.29 is 23.1 Å². The molecule has 2 N–H and O–H groups in total. The number of fused-ring (bicyclic) bond motifs is 1. The molecule has 2 aliphatic rings. The van der Waals surface area contributed by atoms with E-state index >= 15 is 0 Å². The smallest absolute Gasteiger partial charge is 0.248 e. The molecule has 0 saturated carbocycles. The van der Waals surface area contributed by atoms with Crippen molar-refractivity contribution in [2.45, 2.75) is 37.8 Å². The lowest BCUT2D eigenvalue weighted by Crippen LogP contribution is -2.53. The van der Waals surface area contributed by atoms with Crippen molar-refractivity contribution >= 4 is 40.4 Å². The zero-order valence-electron chi connectivity index (χ0n) is 18.8. The van der Waals surface area contributed by atoms with E-state index in [4.69, 9.17) is 5.26 Å². The molecule has 2 aromatic carbocycles. The standard InChI is InChI=1S/C24H25N5O5S/c25-15-17-9-7-16(8-10-17)13-19(24(32)28-11-3-4-12-28)26-22(30)14-21-23(31)27-18-5-1-2-6-20(18)29(21)35(33)34/h1-2,5-10,19,21H,3-4,11-14H2,(H,26,30)(H,27,31)(H,33,34)/p-1. The van der Waals surface area contributed by atoms with Crippen LogP contribution in [-0.2, 0) is 32.1 Å². The Morgan fingerprint density at radius 1 is 1.17 bits per heavy atom. The number of para-hydroxylation sites is 2. The van der Waals surface area contributed by atoms with Crippen molar-refractivity contribution in [1.29, 1.82) is 5.26 Å². The number of likely N-dealkylation sites (tertiary alicyclic amines) is 1. The van der Waals surface area contributed by atoms with Crippen LogP contribution < -0.4 is 14.9 Å². The topological polar surface area (TPSA) is 146 Å². The van der Waals surface area contributed by atoms with Crippen LogP contribution in [0.5, 0.6) is 0 Å². The van der Waals surface area contributed by atoms with Gasteiger partial charge in [-0.3, -0.25) is 22.9 Å². The van der Waals surface area contributed by atoms with Gasteiger partial charge in [0.15, 0.2) is 0 Å². The second kappa shape index (κ2) is 10.7. The summed E-state index contributed by atoms with van der Waals surface area (Å²) in [6.07, 6.45) is 1.51. The average Bonchev–Trinajstić information content (AvgIpc) is 3.39. The molecule has 0 spiro atoms. The number of amides is 3. The first-order chi connectivity index (χ1) is 16.9. The van der Waals surface area contributed by atoms with E-state index in [-0.39, 0.29) is 18.0 Å². The highest BCUT2D eigenvalue weighted by molar-refractivity contribution is 7.80. The van der Waals surface area contributed by atoms with Gasteiger partial charge < -0.3 is 20.1 Å². The molecular weight excluding hydrogens is 470 g/mol. The molecule has 0 aliphatic carbocycles. The van der Waals surface area contributed by atoms with E-state index < -0.39 is 41.6 Å². The third-order valence-corrected chi connectivity index (χ3v) is 6.87. The highest BCUT2D eigenvalue weighted by Crippen LogP contribution is 2.33. The van der Waals surface area contributed by atoms with E-state index in [2.05, 4.69) is 10.6 Å². The first kappa shape index (κ1) is 24.4. The molecule has 2 aromatic rings. The van der Waals surface area contributed by atoms with Gasteiger partial charge in [-0.05, 0) is 42.7 Å². The zero-order valence-corrected chi connectivity index (χ0v) is 19.6. The van der Waals surface area contributed by atoms with E-state index in [0.717, 1.165) is 22.7 Å². The van der Waals surface area contributed by atoms with Crippen LogP contribution in [-0.4, -0.2) is 56.6 Å². The van der Waals surface area contributed by atoms with Crippen LogP contribution >= 0.6 is 0 Å². The number of nitrogens with zero attached hydrogens (tertiary/aromatic N) is 3. The Kier molecular flexibility index (Phi) is 7.43. The van der Waals surface area contributed by atoms with Crippen molar-refractivity contribution in [2.75, 3.05) is 22.7 Å². The minimum atomic E-state index is -2.80. The van der Waals surface area contributed by atoms with Crippen molar-refractivity contribution in [2.24, 2.45) is 0 Å². The van der Waals surface area contributed by atoms with Crippen molar-refractivity contribution in [3.8, 4) is 6.07 Å². The Morgan fingerprint density at radius 2 is 1.86 bits per heavy atom. The molecule has 2 heterocycles. The van der Waals surface area contributed by atoms with Gasteiger partial charge in [0, 0.05) is 30.8 Å². The lowest BCUT2D eigenvalue weighted by atomic mass is 10.0. The van der Waals surface area contributed by atoms with E-state index in [1.54, 1.807) is 53.4 Å². The molecule has 0 radical (unpaired) electrons. The number of hydrogen-bond acceptors (Lipinski definition) is 6. The number of rotatable bonds is 7. The number of hydrogen-bond donors (Lipinski definition) is 2. The third-order valence-electron chi connectivity index (χ3n) is 6.10. The second-order valence-electron chi connectivity index (χ2n) is 8.43. The van der Waals surface area contributed by atoms with E-state index in [1.165, 1.54) is 0 Å². The van der Waals surface area contributed by atoms with Gasteiger partial charge in [0.25, 0.3) is 0 Å². The molecule has 3 unspecified atom stereocenters. The van der Waals surface area contributed by atoms with Gasteiger partial charge in [0.2, 0.25) is 17.7 Å². The lowest BCUT2D eigenvalue weighted by Gasteiger charge is -2.38. The molecule has 0 bridgehead atoms. The van der Waals surface area contributed by atoms with Crippen LogP contribution in [0.1, 0.15) is 30.4 Å². The van der Waals surface area contributed by atoms with Gasteiger partial charge in [-0.1, -0.05) is 24.3 Å². The first-order valence-corrected chi connectivity index (χ1v) is 12.3. The summed E-state index contributed by atoms with van der Waals surface area (Å²) in [7, 11) is 0. The summed E-state index contributed by atoms with van der Waals surface area (Å²) in [5.41, 5.74) is 1.84. The fraction of sp³-hybridized carbons (Fsp3) is 0.333. The van der Waals surface area contributed by atoms with E-state index in [1.807, 2.05) is 6.07 Å². The summed E-state index contributed by atoms with van der Waals surface area (Å²) in [5.74, 6) is -1.48. The Morgan fingerprint density at radius 3 is 2.51 bits per heavy atom. The number of anilines is 2. The molecule has 35 heavy (non-hydrogen) atoms. The summed E-state index contributed by atoms with van der Waals surface area (Å²) in [6.45, 7) is 1.20. The Bertz CT molecular complexity index is 1190. The summed E-state index contributed by atoms with van der Waals surface area (Å²) in [4.78, 5) is 40.6. The molecule has 3 atom stereocenters. The minimum absolute atomic E-state index is 0.198. The summed E-state index contributed by atoms with van der Waals surface area (Å²) < 4.78 is 24.8. The van der Waals surface area contributed by atoms with Crippen molar-refractivity contribution in [3.63, 3.8) is 0 Å². The van der Waals surface area contributed by atoms with Crippen LogP contribution in [0.4, 0.5) is 11.4 Å². The van der Waals surface area contributed by atoms with Crippen molar-refractivity contribution in [1.82, 2.24) is 10.2 Å². The van der Waals surface area contributed by atoms with Crippen LogP contribution in [0, 0.1) is 11.3 Å². The SMILES string of the molecule is N#Cc1ccc(CC(NC(=O)CC2C(=O)Nc3ccccc3N2S(=O)[O-])C(=O)N2CCCC2)cc1. The van der Waals surface area contributed by atoms with Crippen LogP contribution in [0.25, 0.3) is 0 Å². The zero-order chi connectivity index (χ0) is 24.9. The maximum atomic E-state index is 13.2. The summed E-state index contributed by atoms with van der Waals surface area (Å²) >= 11 is -2.80. The number of nitriles is 1. The van der Waals surface area contributed by atoms with Gasteiger partial charge in [-0.25, -0.2) is 0 Å². The first-order valence-electron chi connectivity index (χ1n) is 11.2. The molecule has 1 saturated heterocycles. The fourth-order valence-corrected chi connectivity index (χ4v) is 5.06. The molecule has 1 fully saturated rings. The number of benzene rings is 2. The van der Waals surface area contributed by atoms with Gasteiger partial charge in [-0.2, -0.15) is 5.26 Å². The fourth-order valence-electron chi connectivity index (χ4n) is 4.36. The molecule has 2 aliphatic heterocycles. The van der Waals surface area contributed by atoms with E-state index in [0.29, 0.717) is 24.3 Å². The Balaban J connectivity index is 1.52. The monoisotopic (exact) mass is 494 g/mol. The molecular formula is C24H24N5O5S-. The predicted octanol–water partition coefficient (Wildman–Crippen LogP) is 1.22. The molecule has 10 nitrogen and oxygen atoms in total. The Hall–Kier alpha value is -3.75. The highest BCUT2D eigenvalue weighted by atomic mass is 32.2. The van der Waals surface area contributed by atoms with Gasteiger partial charge in [-0.15, -0.1) is 0 Å². The normalized spacial score (nSPS) is 18.7. The Labute approximate surface area is 205 Å². The number of carbonyl (C=O) groups is 3. The maximum absolute atomic E-state index is 13.2. The summed E-state index contributed by atoms with van der Waals surface area (Å²) in [5, 5.41) is 14.4. The predicted molar refractivity (Wildman–Crippen MR) is 127 cm³/mol. The minimum Gasteiger partial charge on any atom is -0.755 e. The van der Waals surface area contributed by atoms with Crippen LogP contribution in [0.15, 0.2) is 48.5 Å². The molecule has 182 valence electrons. The van der Waals surface area contributed by atoms with Crippen LogP contribution in [0.3, 0.4) is 0 Å². The number of nitrogens with one attached hydrogen (secondary N) is 2. The molecule has 0 aromatic heterocycles. The lowest BCUT2D eigenvalue weighted by molar-refractivity contribution is -0.135.